The Morgan fingerprint density at radius 2 is 1.78 bits per heavy atom. The molecule has 0 fully saturated rings. The molecule has 0 amide bonds. The molecule has 0 aliphatic carbocycles. The van der Waals surface area contributed by atoms with Gasteiger partial charge in [0.25, 0.3) is 0 Å². The number of para-hydroxylation sites is 1. The van der Waals surface area contributed by atoms with Crippen molar-refractivity contribution in [2.45, 2.75) is 10.1 Å². The van der Waals surface area contributed by atoms with Gasteiger partial charge in [-0.2, -0.15) is 0 Å². The third kappa shape index (κ3) is 2.34. The lowest BCUT2D eigenvalue weighted by molar-refractivity contribution is 1.02. The van der Waals surface area contributed by atoms with Gasteiger partial charge in [0.05, 0.1) is 5.52 Å². The fourth-order valence-electron chi connectivity index (χ4n) is 1.53. The number of rotatable bonds is 2. The minimum atomic E-state index is 0.762. The van der Waals surface area contributed by atoms with Crippen molar-refractivity contribution in [3.8, 4) is 0 Å². The molecule has 2 heterocycles. The van der Waals surface area contributed by atoms with Crippen LogP contribution in [0.15, 0.2) is 57.6 Å². The maximum Gasteiger partial charge on any atom is 0.118 e. The number of hydrogen-bond donors (Lipinski definition) is 0. The standard InChI is InChI=1S/C12H7BrN4S/c13-10-5-11(16-7-15-10)18-12-8-3-1-2-4-9(8)14-6-17-12/h1-7H. The van der Waals surface area contributed by atoms with Crippen molar-refractivity contribution in [2.24, 2.45) is 0 Å². The summed E-state index contributed by atoms with van der Waals surface area (Å²) in [5.41, 5.74) is 0.933. The summed E-state index contributed by atoms with van der Waals surface area (Å²) in [5.74, 6) is 0. The SMILES string of the molecule is Brc1cc(Sc2ncnc3ccccc23)ncn1. The maximum absolute atomic E-state index is 4.31. The zero-order valence-electron chi connectivity index (χ0n) is 9.12. The summed E-state index contributed by atoms with van der Waals surface area (Å²) in [6.07, 6.45) is 3.09. The van der Waals surface area contributed by atoms with E-state index < -0.39 is 0 Å². The highest BCUT2D eigenvalue weighted by atomic mass is 79.9. The molecule has 0 saturated carbocycles. The molecule has 0 spiro atoms. The first-order chi connectivity index (χ1) is 8.83. The van der Waals surface area contributed by atoms with Crippen LogP contribution < -0.4 is 0 Å². The van der Waals surface area contributed by atoms with Crippen LogP contribution in [0.4, 0.5) is 0 Å². The molecular weight excluding hydrogens is 312 g/mol. The van der Waals surface area contributed by atoms with E-state index in [1.54, 1.807) is 6.33 Å². The van der Waals surface area contributed by atoms with Crippen LogP contribution in [0.2, 0.25) is 0 Å². The highest BCUT2D eigenvalue weighted by Crippen LogP contribution is 2.30. The second-order valence-corrected chi connectivity index (χ2v) is 5.30. The second-order valence-electron chi connectivity index (χ2n) is 3.48. The molecule has 0 bridgehead atoms. The molecule has 6 heteroatoms. The number of hydrogen-bond acceptors (Lipinski definition) is 5. The normalized spacial score (nSPS) is 10.7. The van der Waals surface area contributed by atoms with Gasteiger partial charge >= 0.3 is 0 Å². The Hall–Kier alpha value is -1.53. The Balaban J connectivity index is 2.05. The van der Waals surface area contributed by atoms with Gasteiger partial charge in [0.15, 0.2) is 0 Å². The molecule has 18 heavy (non-hydrogen) atoms. The van der Waals surface area contributed by atoms with Crippen LogP contribution in [0.3, 0.4) is 0 Å². The molecule has 0 aliphatic rings. The third-order valence-corrected chi connectivity index (χ3v) is 3.70. The molecule has 3 aromatic rings. The van der Waals surface area contributed by atoms with E-state index in [-0.39, 0.29) is 0 Å². The topological polar surface area (TPSA) is 51.6 Å². The Bertz CT molecular complexity index is 699. The summed E-state index contributed by atoms with van der Waals surface area (Å²) in [4.78, 5) is 16.7. The number of fused-ring (bicyclic) bond motifs is 1. The van der Waals surface area contributed by atoms with Gasteiger partial charge in [0, 0.05) is 11.5 Å². The minimum Gasteiger partial charge on any atom is -0.236 e. The molecule has 0 unspecified atom stereocenters. The van der Waals surface area contributed by atoms with E-state index in [4.69, 9.17) is 0 Å². The van der Waals surface area contributed by atoms with Crippen LogP contribution in [-0.2, 0) is 0 Å². The van der Waals surface area contributed by atoms with Crippen molar-refractivity contribution in [2.75, 3.05) is 0 Å². The van der Waals surface area contributed by atoms with Crippen LogP contribution in [0, 0.1) is 0 Å². The molecule has 1 aromatic carbocycles. The molecule has 0 aliphatic heterocycles. The fraction of sp³-hybridized carbons (Fsp3) is 0. The molecule has 0 N–H and O–H groups in total. The summed E-state index contributed by atoms with van der Waals surface area (Å²) in [7, 11) is 0. The van der Waals surface area contributed by atoms with Crippen LogP contribution in [0.5, 0.6) is 0 Å². The lowest BCUT2D eigenvalue weighted by atomic mass is 10.2. The molecule has 0 saturated heterocycles. The smallest absolute Gasteiger partial charge is 0.118 e. The van der Waals surface area contributed by atoms with Crippen molar-refractivity contribution < 1.29 is 0 Å². The van der Waals surface area contributed by atoms with E-state index in [1.165, 1.54) is 18.1 Å². The first kappa shape index (κ1) is 11.6. The van der Waals surface area contributed by atoms with E-state index in [0.29, 0.717) is 0 Å². The highest BCUT2D eigenvalue weighted by Gasteiger charge is 2.06. The summed E-state index contributed by atoms with van der Waals surface area (Å²) < 4.78 is 0.762. The second kappa shape index (κ2) is 4.99. The third-order valence-electron chi connectivity index (χ3n) is 2.32. The van der Waals surface area contributed by atoms with Gasteiger partial charge in [-0.3, -0.25) is 0 Å². The zero-order valence-corrected chi connectivity index (χ0v) is 11.5. The molecule has 88 valence electrons. The molecule has 0 atom stereocenters. The Labute approximate surface area is 116 Å². The van der Waals surface area contributed by atoms with E-state index in [1.807, 2.05) is 30.3 Å². The minimum absolute atomic E-state index is 0.762. The summed E-state index contributed by atoms with van der Waals surface area (Å²) in [6, 6.07) is 9.78. The van der Waals surface area contributed by atoms with Crippen LogP contribution in [-0.4, -0.2) is 19.9 Å². The predicted molar refractivity (Wildman–Crippen MR) is 73.4 cm³/mol. The van der Waals surface area contributed by atoms with E-state index in [2.05, 4.69) is 35.9 Å². The van der Waals surface area contributed by atoms with Crippen LogP contribution in [0.25, 0.3) is 10.9 Å². The molecule has 3 rings (SSSR count). The summed E-state index contributed by atoms with van der Waals surface area (Å²) in [6.45, 7) is 0. The van der Waals surface area contributed by atoms with Crippen molar-refractivity contribution in [3.63, 3.8) is 0 Å². The highest BCUT2D eigenvalue weighted by molar-refractivity contribution is 9.10. The Kier molecular flexibility index (Phi) is 3.21. The van der Waals surface area contributed by atoms with Gasteiger partial charge < -0.3 is 0 Å². The lowest BCUT2D eigenvalue weighted by Crippen LogP contribution is -1.88. The van der Waals surface area contributed by atoms with E-state index in [9.17, 15) is 0 Å². The fourth-order valence-corrected chi connectivity index (χ4v) is 2.84. The van der Waals surface area contributed by atoms with Crippen LogP contribution in [0.1, 0.15) is 0 Å². The number of benzene rings is 1. The van der Waals surface area contributed by atoms with Gasteiger partial charge in [0.1, 0.15) is 27.3 Å². The van der Waals surface area contributed by atoms with Gasteiger partial charge in [-0.1, -0.05) is 18.2 Å². The van der Waals surface area contributed by atoms with E-state index >= 15 is 0 Å². The number of halogens is 1. The van der Waals surface area contributed by atoms with Crippen molar-refractivity contribution in [3.05, 3.63) is 47.6 Å². The van der Waals surface area contributed by atoms with Crippen molar-refractivity contribution in [1.82, 2.24) is 19.9 Å². The molecule has 0 radical (unpaired) electrons. The average molecular weight is 319 g/mol. The maximum atomic E-state index is 4.31. The van der Waals surface area contributed by atoms with E-state index in [0.717, 1.165) is 25.6 Å². The summed E-state index contributed by atoms with van der Waals surface area (Å²) in [5, 5.41) is 2.77. The van der Waals surface area contributed by atoms with Gasteiger partial charge in [-0.25, -0.2) is 19.9 Å². The first-order valence-electron chi connectivity index (χ1n) is 5.18. The van der Waals surface area contributed by atoms with Crippen molar-refractivity contribution in [1.29, 1.82) is 0 Å². The molecule has 4 nitrogen and oxygen atoms in total. The molecule has 2 aromatic heterocycles. The van der Waals surface area contributed by atoms with Crippen molar-refractivity contribution >= 4 is 38.6 Å². The quantitative estimate of drug-likeness (QED) is 0.678. The zero-order chi connectivity index (χ0) is 12.4. The summed E-state index contributed by atoms with van der Waals surface area (Å²) >= 11 is 4.83. The average Bonchev–Trinajstić information content (AvgIpc) is 2.39. The molecular formula is C12H7BrN4S. The monoisotopic (exact) mass is 318 g/mol. The first-order valence-corrected chi connectivity index (χ1v) is 6.79. The van der Waals surface area contributed by atoms with Crippen LogP contribution >= 0.6 is 27.7 Å². The Morgan fingerprint density at radius 3 is 2.67 bits per heavy atom. The largest absolute Gasteiger partial charge is 0.236 e. The number of nitrogens with zero attached hydrogens (tertiary/aromatic N) is 4. The number of aromatic nitrogens is 4. The predicted octanol–water partition coefficient (Wildman–Crippen LogP) is 3.33. The van der Waals surface area contributed by atoms with Gasteiger partial charge in [0.2, 0.25) is 0 Å². The van der Waals surface area contributed by atoms with Gasteiger partial charge in [-0.05, 0) is 33.8 Å². The lowest BCUT2D eigenvalue weighted by Gasteiger charge is -2.03. The Morgan fingerprint density at radius 1 is 0.944 bits per heavy atom. The van der Waals surface area contributed by atoms with Gasteiger partial charge in [-0.15, -0.1) is 0 Å².